The van der Waals surface area contributed by atoms with Crippen LogP contribution in [0.15, 0.2) is 72.3 Å². The summed E-state index contributed by atoms with van der Waals surface area (Å²) < 4.78 is 18.9. The minimum atomic E-state index is -2.69. The summed E-state index contributed by atoms with van der Waals surface area (Å²) in [4.78, 5) is 12.3. The Labute approximate surface area is 212 Å². The second kappa shape index (κ2) is 10.9. The second-order valence-electron chi connectivity index (χ2n) is 11.3. The number of methoxy groups -OCH3 is 1. The Bertz CT molecular complexity index is 955. The van der Waals surface area contributed by atoms with Gasteiger partial charge in [-0.05, 0) is 54.1 Å². The number of carbonyl (C=O) groups excluding carboxylic acids is 1. The molecule has 190 valence electrons. The summed E-state index contributed by atoms with van der Waals surface area (Å²) in [5.74, 6) is -0.851. The number of hydrogen-bond donors (Lipinski definition) is 0. The summed E-state index contributed by atoms with van der Waals surface area (Å²) in [5.41, 5.74) is 0.682. The highest BCUT2D eigenvalue weighted by atomic mass is 28.4. The smallest absolute Gasteiger partial charge is 0.261 e. The Balaban J connectivity index is 2.04. The highest BCUT2D eigenvalue weighted by Crippen LogP contribution is 2.44. The molecule has 0 radical (unpaired) electrons. The predicted octanol–water partition coefficient (Wildman–Crippen LogP) is 5.65. The van der Waals surface area contributed by atoms with Crippen molar-refractivity contribution in [1.82, 2.24) is 0 Å². The quantitative estimate of drug-likeness (QED) is 0.185. The lowest BCUT2D eigenvalue weighted by Crippen LogP contribution is -2.67. The van der Waals surface area contributed by atoms with Gasteiger partial charge in [0.1, 0.15) is 12.4 Å². The van der Waals surface area contributed by atoms with Crippen LogP contribution in [0, 0.1) is 5.41 Å². The lowest BCUT2D eigenvalue weighted by molar-refractivity contribution is -0.234. The monoisotopic (exact) mass is 494 g/mol. The van der Waals surface area contributed by atoms with Crippen molar-refractivity contribution in [2.75, 3.05) is 13.7 Å². The molecule has 0 spiro atoms. The first-order valence-electron chi connectivity index (χ1n) is 12.6. The van der Waals surface area contributed by atoms with Crippen LogP contribution in [0.4, 0.5) is 0 Å². The fourth-order valence-electron chi connectivity index (χ4n) is 5.30. The van der Waals surface area contributed by atoms with Gasteiger partial charge in [-0.3, -0.25) is 0 Å². The Morgan fingerprint density at radius 2 is 1.51 bits per heavy atom. The molecule has 2 aromatic rings. The third-order valence-corrected chi connectivity index (χ3v) is 12.5. The number of benzene rings is 2. The molecule has 2 aromatic carbocycles. The summed E-state index contributed by atoms with van der Waals surface area (Å²) in [6, 6.07) is 21.3. The average Bonchev–Trinajstić information content (AvgIpc) is 2.84. The van der Waals surface area contributed by atoms with Gasteiger partial charge in [0.15, 0.2) is 5.79 Å². The third kappa shape index (κ3) is 5.69. The fraction of sp³-hybridized carbons (Fsp3) is 0.500. The van der Waals surface area contributed by atoms with Crippen LogP contribution in [0.25, 0.3) is 0 Å². The fourth-order valence-corrected chi connectivity index (χ4v) is 9.83. The Kier molecular flexibility index (Phi) is 8.59. The molecular weight excluding hydrogens is 452 g/mol. The van der Waals surface area contributed by atoms with E-state index in [1.807, 2.05) is 13.8 Å². The number of aldehydes is 1. The van der Waals surface area contributed by atoms with Gasteiger partial charge in [0.05, 0.1) is 6.61 Å². The van der Waals surface area contributed by atoms with Gasteiger partial charge in [0, 0.05) is 12.5 Å². The molecule has 0 N–H and O–H groups in total. The number of allylic oxidation sites excluding steroid dienone is 1. The molecule has 5 heteroatoms. The van der Waals surface area contributed by atoms with Crippen LogP contribution in [0.1, 0.15) is 60.8 Å². The molecule has 4 nitrogen and oxygen atoms in total. The molecule has 0 amide bonds. The molecular formula is C30H42O4Si. The van der Waals surface area contributed by atoms with Crippen molar-refractivity contribution in [2.24, 2.45) is 5.41 Å². The van der Waals surface area contributed by atoms with Crippen molar-refractivity contribution in [1.29, 1.82) is 0 Å². The van der Waals surface area contributed by atoms with Crippen molar-refractivity contribution in [2.45, 2.75) is 77.7 Å². The molecule has 0 bridgehead atoms. The lowest BCUT2D eigenvalue weighted by Gasteiger charge is -2.46. The minimum Gasteiger partial charge on any atom is -0.403 e. The van der Waals surface area contributed by atoms with Crippen molar-refractivity contribution in [3.05, 3.63) is 72.3 Å². The van der Waals surface area contributed by atoms with Crippen molar-refractivity contribution in [3.63, 3.8) is 0 Å². The van der Waals surface area contributed by atoms with E-state index < -0.39 is 25.6 Å². The zero-order valence-corrected chi connectivity index (χ0v) is 23.5. The molecule has 3 rings (SSSR count). The molecule has 1 aliphatic rings. The van der Waals surface area contributed by atoms with Crippen LogP contribution in [0.3, 0.4) is 0 Å². The molecule has 0 fully saturated rings. The van der Waals surface area contributed by atoms with E-state index in [0.717, 1.165) is 31.1 Å². The largest absolute Gasteiger partial charge is 0.403 e. The van der Waals surface area contributed by atoms with Gasteiger partial charge in [0.2, 0.25) is 0 Å². The van der Waals surface area contributed by atoms with Crippen LogP contribution >= 0.6 is 0 Å². The molecule has 0 aliphatic heterocycles. The standard InChI is InChI=1S/C30H42O4Si/c1-28(2,3)35(25-17-10-8-11-18-25,26-19-12-9-13-20-26)33-23-24-16-14-15-21-30(24,6)27(22-31)34-29(4,5)32-7/h8-13,16-20,22,27H,14-15,21,23H2,1-7H3/t27-,30+/m0/s1. The van der Waals surface area contributed by atoms with E-state index in [9.17, 15) is 4.79 Å². The van der Waals surface area contributed by atoms with E-state index in [-0.39, 0.29) is 5.04 Å². The van der Waals surface area contributed by atoms with Gasteiger partial charge in [-0.25, -0.2) is 0 Å². The van der Waals surface area contributed by atoms with Gasteiger partial charge >= 0.3 is 0 Å². The summed E-state index contributed by atoms with van der Waals surface area (Å²) in [6.45, 7) is 13.1. The first-order chi connectivity index (χ1) is 16.5. The van der Waals surface area contributed by atoms with Crippen LogP contribution < -0.4 is 10.4 Å². The van der Waals surface area contributed by atoms with E-state index in [0.29, 0.717) is 6.61 Å². The number of hydrogen-bond acceptors (Lipinski definition) is 4. The molecule has 0 heterocycles. The molecule has 1 aliphatic carbocycles. The second-order valence-corrected chi connectivity index (χ2v) is 15.6. The molecule has 2 atom stereocenters. The van der Waals surface area contributed by atoms with Crippen LogP contribution in [0.5, 0.6) is 0 Å². The van der Waals surface area contributed by atoms with Crippen molar-refractivity contribution in [3.8, 4) is 0 Å². The summed E-state index contributed by atoms with van der Waals surface area (Å²) >= 11 is 0. The molecule has 0 saturated heterocycles. The minimum absolute atomic E-state index is 0.111. The zero-order valence-electron chi connectivity index (χ0n) is 22.5. The maximum absolute atomic E-state index is 12.3. The van der Waals surface area contributed by atoms with Gasteiger partial charge in [-0.2, -0.15) is 0 Å². The number of rotatable bonds is 10. The number of carbonyl (C=O) groups is 1. The van der Waals surface area contributed by atoms with Crippen LogP contribution in [0.2, 0.25) is 5.04 Å². The summed E-state index contributed by atoms with van der Waals surface area (Å²) in [7, 11) is -1.08. The highest BCUT2D eigenvalue weighted by molar-refractivity contribution is 6.99. The molecule has 0 aromatic heterocycles. The Hall–Kier alpha value is -2.05. The number of ether oxygens (including phenoxy) is 2. The summed E-state index contributed by atoms with van der Waals surface area (Å²) in [5, 5.41) is 2.39. The third-order valence-electron chi connectivity index (χ3n) is 7.54. The van der Waals surface area contributed by atoms with Gasteiger partial charge in [0.25, 0.3) is 8.32 Å². The Morgan fingerprint density at radius 3 is 1.97 bits per heavy atom. The topological polar surface area (TPSA) is 44.8 Å². The SMILES string of the molecule is COC(C)(C)O[C@@H](C=O)[C@]1(C)CCCC=C1CO[Si](c1ccccc1)(c1ccccc1)C(C)(C)C. The van der Waals surface area contributed by atoms with E-state index in [1.165, 1.54) is 10.4 Å². The normalized spacial score (nSPS) is 20.3. The van der Waals surface area contributed by atoms with E-state index in [4.69, 9.17) is 13.9 Å². The maximum Gasteiger partial charge on any atom is 0.261 e. The lowest BCUT2D eigenvalue weighted by atomic mass is 9.70. The van der Waals surface area contributed by atoms with E-state index in [2.05, 4.69) is 94.4 Å². The van der Waals surface area contributed by atoms with Crippen LogP contribution in [-0.4, -0.2) is 40.2 Å². The van der Waals surface area contributed by atoms with E-state index in [1.54, 1.807) is 7.11 Å². The zero-order chi connectivity index (χ0) is 25.7. The van der Waals surface area contributed by atoms with Crippen molar-refractivity contribution >= 4 is 25.0 Å². The molecule has 0 unspecified atom stereocenters. The van der Waals surface area contributed by atoms with Gasteiger partial charge in [-0.1, -0.05) is 94.4 Å². The van der Waals surface area contributed by atoms with Crippen molar-refractivity contribution < 1.29 is 18.7 Å². The van der Waals surface area contributed by atoms with Gasteiger partial charge in [-0.15, -0.1) is 0 Å². The summed E-state index contributed by atoms with van der Waals surface area (Å²) in [6.07, 6.45) is 5.44. The first kappa shape index (κ1) is 27.5. The van der Waals surface area contributed by atoms with Crippen LogP contribution in [-0.2, 0) is 18.7 Å². The molecule has 0 saturated carbocycles. The average molecular weight is 495 g/mol. The first-order valence-corrected chi connectivity index (χ1v) is 14.5. The highest BCUT2D eigenvalue weighted by Gasteiger charge is 2.51. The maximum atomic E-state index is 12.3. The predicted molar refractivity (Wildman–Crippen MR) is 146 cm³/mol. The Morgan fingerprint density at radius 1 is 0.971 bits per heavy atom. The molecule has 35 heavy (non-hydrogen) atoms. The van der Waals surface area contributed by atoms with Gasteiger partial charge < -0.3 is 18.7 Å². The van der Waals surface area contributed by atoms with E-state index >= 15 is 0 Å².